The third-order valence-electron chi connectivity index (χ3n) is 3.69. The lowest BCUT2D eigenvalue weighted by Crippen LogP contribution is -2.36. The molecule has 1 aromatic heterocycles. The topological polar surface area (TPSA) is 51.2 Å². The van der Waals surface area contributed by atoms with Gasteiger partial charge in [-0.25, -0.2) is 0 Å². The van der Waals surface area contributed by atoms with Crippen LogP contribution in [0.5, 0.6) is 5.75 Å². The van der Waals surface area contributed by atoms with Crippen molar-refractivity contribution >= 4 is 28.4 Å². The molecule has 0 aliphatic rings. The summed E-state index contributed by atoms with van der Waals surface area (Å²) in [4.78, 5) is 16.3. The molecule has 124 valence electrons. The summed E-state index contributed by atoms with van der Waals surface area (Å²) in [5.41, 5.74) is 0.670. The molecule has 0 bridgehead atoms. The molecule has 0 spiro atoms. The number of fused-ring (bicyclic) bond motifs is 1. The zero-order valence-electron chi connectivity index (χ0n) is 13.6. The standard InChI is InChI=1S/C18H23ClN2O2/c1-3-4-5-7-13(2)21-17(22)12-23-16-10-9-15(19)14-8-6-11-20-18(14)16/h6,8-11,13H,3-5,7,12H2,1-2H3,(H,21,22)/t13-/m0/s1. The maximum absolute atomic E-state index is 12.0. The molecule has 4 nitrogen and oxygen atoms in total. The quantitative estimate of drug-likeness (QED) is 0.730. The Labute approximate surface area is 142 Å². The Morgan fingerprint density at radius 1 is 1.35 bits per heavy atom. The highest BCUT2D eigenvalue weighted by atomic mass is 35.5. The molecule has 0 saturated heterocycles. The number of hydrogen-bond donors (Lipinski definition) is 1. The minimum Gasteiger partial charge on any atom is -0.481 e. The first-order chi connectivity index (χ1) is 11.1. The number of carbonyl (C=O) groups is 1. The van der Waals surface area contributed by atoms with Gasteiger partial charge in [-0.05, 0) is 37.6 Å². The van der Waals surface area contributed by atoms with Crippen LogP contribution in [-0.4, -0.2) is 23.5 Å². The van der Waals surface area contributed by atoms with Gasteiger partial charge < -0.3 is 10.1 Å². The summed E-state index contributed by atoms with van der Waals surface area (Å²) in [6.07, 6.45) is 6.18. The Balaban J connectivity index is 1.91. The van der Waals surface area contributed by atoms with E-state index in [1.54, 1.807) is 18.3 Å². The highest BCUT2D eigenvalue weighted by Crippen LogP contribution is 2.29. The minimum absolute atomic E-state index is 0.0224. The number of benzene rings is 1. The molecule has 1 N–H and O–H groups in total. The van der Waals surface area contributed by atoms with Gasteiger partial charge in [0.25, 0.3) is 5.91 Å². The van der Waals surface area contributed by atoms with E-state index in [9.17, 15) is 4.79 Å². The molecule has 1 atom stereocenters. The number of halogens is 1. The maximum atomic E-state index is 12.0. The van der Waals surface area contributed by atoms with Crippen molar-refractivity contribution < 1.29 is 9.53 Å². The molecule has 0 aliphatic heterocycles. The molecule has 0 fully saturated rings. The molecule has 0 saturated carbocycles. The van der Waals surface area contributed by atoms with Crippen molar-refractivity contribution in [2.24, 2.45) is 0 Å². The van der Waals surface area contributed by atoms with Gasteiger partial charge in [0.2, 0.25) is 0 Å². The number of nitrogens with zero attached hydrogens (tertiary/aromatic N) is 1. The summed E-state index contributed by atoms with van der Waals surface area (Å²) in [5.74, 6) is 0.451. The number of pyridine rings is 1. The van der Waals surface area contributed by atoms with Crippen molar-refractivity contribution in [1.29, 1.82) is 0 Å². The SMILES string of the molecule is CCCCC[C@H](C)NC(=O)COc1ccc(Cl)c2cccnc12. The first-order valence-electron chi connectivity index (χ1n) is 8.07. The fourth-order valence-electron chi connectivity index (χ4n) is 2.46. The van der Waals surface area contributed by atoms with Crippen molar-refractivity contribution in [2.45, 2.75) is 45.6 Å². The molecule has 1 amide bonds. The lowest BCUT2D eigenvalue weighted by molar-refractivity contribution is -0.123. The number of ether oxygens (including phenoxy) is 1. The molecular formula is C18H23ClN2O2. The van der Waals surface area contributed by atoms with Gasteiger partial charge in [0, 0.05) is 17.6 Å². The van der Waals surface area contributed by atoms with Crippen LogP contribution in [-0.2, 0) is 4.79 Å². The summed E-state index contributed by atoms with van der Waals surface area (Å²) in [5, 5.41) is 4.40. The first-order valence-corrected chi connectivity index (χ1v) is 8.45. The Bertz CT molecular complexity index is 661. The van der Waals surface area contributed by atoms with Crippen LogP contribution in [0.4, 0.5) is 0 Å². The molecule has 0 radical (unpaired) electrons. The second-order valence-electron chi connectivity index (χ2n) is 5.70. The summed E-state index contributed by atoms with van der Waals surface area (Å²) in [6.45, 7) is 4.17. The molecule has 23 heavy (non-hydrogen) atoms. The van der Waals surface area contributed by atoms with E-state index in [4.69, 9.17) is 16.3 Å². The maximum Gasteiger partial charge on any atom is 0.258 e. The van der Waals surface area contributed by atoms with Gasteiger partial charge >= 0.3 is 0 Å². The van der Waals surface area contributed by atoms with Gasteiger partial charge in [0.1, 0.15) is 11.3 Å². The molecule has 2 rings (SSSR count). The number of aromatic nitrogens is 1. The van der Waals surface area contributed by atoms with Crippen molar-refractivity contribution in [1.82, 2.24) is 10.3 Å². The summed E-state index contributed by atoms with van der Waals surface area (Å²) < 4.78 is 5.63. The van der Waals surface area contributed by atoms with E-state index in [1.165, 1.54) is 12.8 Å². The van der Waals surface area contributed by atoms with Gasteiger partial charge in [0.15, 0.2) is 6.61 Å². The number of rotatable bonds is 8. The number of hydrogen-bond acceptors (Lipinski definition) is 3. The fourth-order valence-corrected chi connectivity index (χ4v) is 2.68. The summed E-state index contributed by atoms with van der Waals surface area (Å²) in [6, 6.07) is 7.37. The van der Waals surface area contributed by atoms with Crippen LogP contribution in [0.1, 0.15) is 39.5 Å². The highest BCUT2D eigenvalue weighted by molar-refractivity contribution is 6.35. The zero-order valence-corrected chi connectivity index (χ0v) is 14.4. The molecule has 0 unspecified atom stereocenters. The highest BCUT2D eigenvalue weighted by Gasteiger charge is 2.11. The smallest absolute Gasteiger partial charge is 0.258 e. The van der Waals surface area contributed by atoms with E-state index in [0.717, 1.165) is 18.2 Å². The Morgan fingerprint density at radius 2 is 2.17 bits per heavy atom. The lowest BCUT2D eigenvalue weighted by atomic mass is 10.1. The van der Waals surface area contributed by atoms with Gasteiger partial charge in [-0.15, -0.1) is 0 Å². The third-order valence-corrected chi connectivity index (χ3v) is 4.02. The van der Waals surface area contributed by atoms with E-state index in [1.807, 2.05) is 19.1 Å². The van der Waals surface area contributed by atoms with Crippen molar-refractivity contribution in [3.8, 4) is 5.75 Å². The first kappa shape index (κ1) is 17.5. The second kappa shape index (κ2) is 8.73. The molecule has 1 aromatic carbocycles. The molecular weight excluding hydrogens is 312 g/mol. The van der Waals surface area contributed by atoms with Crippen LogP contribution in [0.25, 0.3) is 10.9 Å². The van der Waals surface area contributed by atoms with Crippen LogP contribution in [0, 0.1) is 0 Å². The van der Waals surface area contributed by atoms with Crippen LogP contribution in [0.3, 0.4) is 0 Å². The number of unbranched alkanes of at least 4 members (excludes halogenated alkanes) is 2. The van der Waals surface area contributed by atoms with Gasteiger partial charge in [-0.2, -0.15) is 0 Å². The largest absolute Gasteiger partial charge is 0.481 e. The van der Waals surface area contributed by atoms with Gasteiger partial charge in [-0.3, -0.25) is 9.78 Å². The predicted octanol–water partition coefficient (Wildman–Crippen LogP) is 4.35. The van der Waals surface area contributed by atoms with E-state index in [0.29, 0.717) is 16.3 Å². The minimum atomic E-state index is -0.118. The van der Waals surface area contributed by atoms with Crippen LogP contribution < -0.4 is 10.1 Å². The molecule has 2 aromatic rings. The average molecular weight is 335 g/mol. The van der Waals surface area contributed by atoms with Gasteiger partial charge in [0.05, 0.1) is 5.02 Å². The normalized spacial score (nSPS) is 12.1. The van der Waals surface area contributed by atoms with Crippen LogP contribution in [0.2, 0.25) is 5.02 Å². The van der Waals surface area contributed by atoms with Crippen molar-refractivity contribution in [3.05, 3.63) is 35.5 Å². The number of amides is 1. The van der Waals surface area contributed by atoms with E-state index < -0.39 is 0 Å². The summed E-state index contributed by atoms with van der Waals surface area (Å²) in [7, 11) is 0. The number of carbonyl (C=O) groups excluding carboxylic acids is 1. The molecule has 1 heterocycles. The third kappa shape index (κ3) is 5.10. The van der Waals surface area contributed by atoms with Crippen LogP contribution >= 0.6 is 11.6 Å². The fraction of sp³-hybridized carbons (Fsp3) is 0.444. The van der Waals surface area contributed by atoms with E-state index in [2.05, 4.69) is 17.2 Å². The monoisotopic (exact) mass is 334 g/mol. The zero-order chi connectivity index (χ0) is 16.7. The average Bonchev–Trinajstić information content (AvgIpc) is 2.55. The van der Waals surface area contributed by atoms with Crippen molar-refractivity contribution in [2.75, 3.05) is 6.61 Å². The molecule has 0 aliphatic carbocycles. The van der Waals surface area contributed by atoms with E-state index in [-0.39, 0.29) is 18.6 Å². The van der Waals surface area contributed by atoms with Crippen molar-refractivity contribution in [3.63, 3.8) is 0 Å². The van der Waals surface area contributed by atoms with Crippen LogP contribution in [0.15, 0.2) is 30.5 Å². The lowest BCUT2D eigenvalue weighted by Gasteiger charge is -2.14. The predicted molar refractivity (Wildman–Crippen MR) is 94.0 cm³/mol. The Morgan fingerprint density at radius 3 is 2.96 bits per heavy atom. The Kier molecular flexibility index (Phi) is 6.66. The van der Waals surface area contributed by atoms with Gasteiger partial charge in [-0.1, -0.05) is 37.8 Å². The number of nitrogens with one attached hydrogen (secondary N) is 1. The Hall–Kier alpha value is -1.81. The summed E-state index contributed by atoms with van der Waals surface area (Å²) >= 11 is 6.15. The second-order valence-corrected chi connectivity index (χ2v) is 6.11. The molecule has 5 heteroatoms. The van der Waals surface area contributed by atoms with E-state index >= 15 is 0 Å².